The third-order valence-electron chi connectivity index (χ3n) is 3.68. The standard InChI is InChI=1S/C12H22N2O.ClH/c1-9(7-10-3-4-10)14-11(15)12(2)5-6-13-8-12;/h9-10,13H,3-8H2,1-2H3,(H,14,15);1H. The van der Waals surface area contributed by atoms with Crippen LogP contribution in [-0.4, -0.2) is 25.0 Å². The van der Waals surface area contributed by atoms with Crippen LogP contribution in [0.15, 0.2) is 0 Å². The largest absolute Gasteiger partial charge is 0.353 e. The average Bonchev–Trinajstić information content (AvgIpc) is 2.86. The van der Waals surface area contributed by atoms with Crippen molar-refractivity contribution in [3.63, 3.8) is 0 Å². The maximum atomic E-state index is 12.0. The van der Waals surface area contributed by atoms with Crippen molar-refractivity contribution in [3.05, 3.63) is 0 Å². The Morgan fingerprint density at radius 3 is 2.75 bits per heavy atom. The third kappa shape index (κ3) is 3.36. The minimum atomic E-state index is -0.169. The molecule has 0 bridgehead atoms. The summed E-state index contributed by atoms with van der Waals surface area (Å²) < 4.78 is 0. The van der Waals surface area contributed by atoms with Crippen molar-refractivity contribution in [3.8, 4) is 0 Å². The average molecular weight is 247 g/mol. The molecule has 1 heterocycles. The Labute approximate surface area is 104 Å². The van der Waals surface area contributed by atoms with Crippen LogP contribution in [0.2, 0.25) is 0 Å². The molecule has 0 aromatic rings. The second-order valence-electron chi connectivity index (χ2n) is 5.54. The molecule has 3 nitrogen and oxygen atoms in total. The number of nitrogens with one attached hydrogen (secondary N) is 2. The number of amides is 1. The molecule has 2 fully saturated rings. The van der Waals surface area contributed by atoms with Crippen LogP contribution in [-0.2, 0) is 4.79 Å². The van der Waals surface area contributed by atoms with Gasteiger partial charge in [0.15, 0.2) is 0 Å². The van der Waals surface area contributed by atoms with Gasteiger partial charge in [-0.25, -0.2) is 0 Å². The zero-order chi connectivity index (χ0) is 10.9. The molecule has 2 rings (SSSR count). The second-order valence-corrected chi connectivity index (χ2v) is 5.54. The quantitative estimate of drug-likeness (QED) is 0.793. The molecular formula is C12H23ClN2O. The van der Waals surface area contributed by atoms with E-state index in [0.717, 1.165) is 31.8 Å². The van der Waals surface area contributed by atoms with Crippen LogP contribution in [0.1, 0.15) is 39.5 Å². The van der Waals surface area contributed by atoms with Gasteiger partial charge in [-0.15, -0.1) is 12.4 Å². The van der Waals surface area contributed by atoms with E-state index in [1.54, 1.807) is 0 Å². The zero-order valence-electron chi connectivity index (χ0n) is 10.2. The van der Waals surface area contributed by atoms with E-state index in [2.05, 4.69) is 24.5 Å². The SMILES string of the molecule is CC(CC1CC1)NC(=O)C1(C)CCNC1.Cl. The fourth-order valence-electron chi connectivity index (χ4n) is 2.32. The van der Waals surface area contributed by atoms with Crippen molar-refractivity contribution in [2.45, 2.75) is 45.6 Å². The lowest BCUT2D eigenvalue weighted by atomic mass is 9.88. The Morgan fingerprint density at radius 1 is 1.56 bits per heavy atom. The van der Waals surface area contributed by atoms with Gasteiger partial charge in [0.05, 0.1) is 5.41 Å². The molecule has 1 saturated heterocycles. The molecule has 2 unspecified atom stereocenters. The lowest BCUT2D eigenvalue weighted by molar-refractivity contribution is -0.129. The van der Waals surface area contributed by atoms with E-state index in [4.69, 9.17) is 0 Å². The highest BCUT2D eigenvalue weighted by atomic mass is 35.5. The number of halogens is 1. The number of hydrogen-bond acceptors (Lipinski definition) is 2. The van der Waals surface area contributed by atoms with Crippen molar-refractivity contribution >= 4 is 18.3 Å². The third-order valence-corrected chi connectivity index (χ3v) is 3.68. The minimum Gasteiger partial charge on any atom is -0.353 e. The van der Waals surface area contributed by atoms with E-state index in [9.17, 15) is 4.79 Å². The van der Waals surface area contributed by atoms with E-state index in [1.807, 2.05) is 0 Å². The Hall–Kier alpha value is -0.280. The molecule has 0 aromatic heterocycles. The predicted octanol–water partition coefficient (Wildman–Crippen LogP) is 1.71. The summed E-state index contributed by atoms with van der Waals surface area (Å²) in [6, 6.07) is 0.349. The monoisotopic (exact) mass is 246 g/mol. The lowest BCUT2D eigenvalue weighted by Crippen LogP contribution is -2.44. The van der Waals surface area contributed by atoms with Crippen molar-refractivity contribution in [1.82, 2.24) is 10.6 Å². The molecule has 1 aliphatic carbocycles. The van der Waals surface area contributed by atoms with Gasteiger partial charge < -0.3 is 10.6 Å². The van der Waals surface area contributed by atoms with Crippen LogP contribution in [0, 0.1) is 11.3 Å². The first-order valence-electron chi connectivity index (χ1n) is 6.12. The molecule has 1 saturated carbocycles. The van der Waals surface area contributed by atoms with Crippen LogP contribution in [0.4, 0.5) is 0 Å². The first-order chi connectivity index (χ1) is 7.10. The molecule has 1 aliphatic heterocycles. The summed E-state index contributed by atoms with van der Waals surface area (Å²) in [7, 11) is 0. The van der Waals surface area contributed by atoms with E-state index in [1.165, 1.54) is 12.8 Å². The Morgan fingerprint density at radius 2 is 2.25 bits per heavy atom. The molecular weight excluding hydrogens is 224 g/mol. The Kier molecular flexibility index (Phi) is 4.62. The summed E-state index contributed by atoms with van der Waals surface area (Å²) in [5, 5.41) is 6.41. The highest BCUT2D eigenvalue weighted by Crippen LogP contribution is 2.33. The topological polar surface area (TPSA) is 41.1 Å². The molecule has 0 spiro atoms. The van der Waals surface area contributed by atoms with Crippen molar-refractivity contribution < 1.29 is 4.79 Å². The van der Waals surface area contributed by atoms with E-state index in [-0.39, 0.29) is 23.7 Å². The van der Waals surface area contributed by atoms with E-state index >= 15 is 0 Å². The zero-order valence-corrected chi connectivity index (χ0v) is 11.0. The van der Waals surface area contributed by atoms with Gasteiger partial charge in [-0.05, 0) is 39.2 Å². The lowest BCUT2D eigenvalue weighted by Gasteiger charge is -2.24. The maximum Gasteiger partial charge on any atom is 0.227 e. The van der Waals surface area contributed by atoms with Gasteiger partial charge in [-0.2, -0.15) is 0 Å². The van der Waals surface area contributed by atoms with Gasteiger partial charge in [0, 0.05) is 12.6 Å². The van der Waals surface area contributed by atoms with Crippen molar-refractivity contribution in [1.29, 1.82) is 0 Å². The van der Waals surface area contributed by atoms with Crippen molar-refractivity contribution in [2.24, 2.45) is 11.3 Å². The molecule has 2 atom stereocenters. The second kappa shape index (κ2) is 5.37. The Balaban J connectivity index is 0.00000128. The first-order valence-corrected chi connectivity index (χ1v) is 6.12. The van der Waals surface area contributed by atoms with Gasteiger partial charge in [-0.3, -0.25) is 4.79 Å². The number of carbonyl (C=O) groups excluding carboxylic acids is 1. The molecule has 1 amide bonds. The van der Waals surface area contributed by atoms with Crippen LogP contribution in [0.25, 0.3) is 0 Å². The summed E-state index contributed by atoms with van der Waals surface area (Å²) >= 11 is 0. The van der Waals surface area contributed by atoms with Crippen LogP contribution in [0.5, 0.6) is 0 Å². The molecule has 94 valence electrons. The van der Waals surface area contributed by atoms with Crippen LogP contribution < -0.4 is 10.6 Å². The predicted molar refractivity (Wildman–Crippen MR) is 67.8 cm³/mol. The number of hydrogen-bond donors (Lipinski definition) is 2. The highest BCUT2D eigenvalue weighted by molar-refractivity contribution is 5.85. The molecule has 16 heavy (non-hydrogen) atoms. The van der Waals surface area contributed by atoms with Crippen LogP contribution in [0.3, 0.4) is 0 Å². The summed E-state index contributed by atoms with van der Waals surface area (Å²) in [4.78, 5) is 12.0. The van der Waals surface area contributed by atoms with E-state index in [0.29, 0.717) is 6.04 Å². The molecule has 2 aliphatic rings. The van der Waals surface area contributed by atoms with Gasteiger partial charge in [0.2, 0.25) is 5.91 Å². The van der Waals surface area contributed by atoms with Crippen LogP contribution >= 0.6 is 12.4 Å². The van der Waals surface area contributed by atoms with Gasteiger partial charge >= 0.3 is 0 Å². The van der Waals surface area contributed by atoms with Gasteiger partial charge in [0.1, 0.15) is 0 Å². The fraction of sp³-hybridized carbons (Fsp3) is 0.917. The molecule has 4 heteroatoms. The summed E-state index contributed by atoms with van der Waals surface area (Å²) in [5.74, 6) is 1.12. The normalized spacial score (nSPS) is 30.6. The number of carbonyl (C=O) groups is 1. The van der Waals surface area contributed by atoms with Gasteiger partial charge in [0.25, 0.3) is 0 Å². The first kappa shape index (κ1) is 13.8. The molecule has 0 radical (unpaired) electrons. The Bertz CT molecular complexity index is 247. The van der Waals surface area contributed by atoms with E-state index < -0.39 is 0 Å². The fourth-order valence-corrected chi connectivity index (χ4v) is 2.32. The molecule has 0 aromatic carbocycles. The summed E-state index contributed by atoms with van der Waals surface area (Å²) in [6.07, 6.45) is 4.85. The summed E-state index contributed by atoms with van der Waals surface area (Å²) in [6.45, 7) is 5.99. The smallest absolute Gasteiger partial charge is 0.227 e. The maximum absolute atomic E-state index is 12.0. The van der Waals surface area contributed by atoms with Crippen molar-refractivity contribution in [2.75, 3.05) is 13.1 Å². The van der Waals surface area contributed by atoms with Gasteiger partial charge in [-0.1, -0.05) is 12.8 Å². The summed E-state index contributed by atoms with van der Waals surface area (Å²) in [5.41, 5.74) is -0.169. The highest BCUT2D eigenvalue weighted by Gasteiger charge is 2.37. The minimum absolute atomic E-state index is 0. The molecule has 2 N–H and O–H groups in total. The number of rotatable bonds is 4.